The minimum Gasteiger partial charge on any atom is -0.478 e. The van der Waals surface area contributed by atoms with E-state index in [2.05, 4.69) is 15.0 Å². The number of rotatable bonds is 5. The molecule has 0 bridgehead atoms. The first-order valence-electron chi connectivity index (χ1n) is 8.98. The molecular formula is C23H15N3O4. The van der Waals surface area contributed by atoms with E-state index in [1.165, 1.54) is 12.1 Å². The Kier molecular flexibility index (Phi) is 5.00. The Morgan fingerprint density at radius 2 is 1.07 bits per heavy atom. The highest BCUT2D eigenvalue weighted by atomic mass is 16.4. The Hall–Kier alpha value is -4.39. The van der Waals surface area contributed by atoms with Gasteiger partial charge in [0.05, 0.1) is 33.9 Å². The zero-order valence-electron chi connectivity index (χ0n) is 15.6. The lowest BCUT2D eigenvalue weighted by atomic mass is 9.98. The second-order valence-corrected chi connectivity index (χ2v) is 6.47. The van der Waals surface area contributed by atoms with Crippen LogP contribution in [0.4, 0.5) is 0 Å². The molecule has 1 aromatic carbocycles. The number of hydrogen-bond donors (Lipinski definition) is 2. The van der Waals surface area contributed by atoms with E-state index in [9.17, 15) is 19.8 Å². The number of pyridine rings is 3. The molecule has 0 radical (unpaired) electrons. The largest absolute Gasteiger partial charge is 0.478 e. The summed E-state index contributed by atoms with van der Waals surface area (Å²) in [5, 5.41) is 18.8. The van der Waals surface area contributed by atoms with Crippen molar-refractivity contribution < 1.29 is 19.8 Å². The van der Waals surface area contributed by atoms with E-state index in [1.807, 2.05) is 24.3 Å². The molecule has 30 heavy (non-hydrogen) atoms. The van der Waals surface area contributed by atoms with Crippen LogP contribution in [0.1, 0.15) is 20.7 Å². The molecule has 0 saturated carbocycles. The van der Waals surface area contributed by atoms with E-state index in [-0.39, 0.29) is 11.1 Å². The van der Waals surface area contributed by atoms with Gasteiger partial charge in [-0.2, -0.15) is 0 Å². The van der Waals surface area contributed by atoms with Gasteiger partial charge in [0.2, 0.25) is 0 Å². The standard InChI is InChI=1S/C23H15N3O4/c27-22(28)16-9-14(10-17(11-16)23(29)30)15-12-20(18-5-1-3-7-24-18)26-21(13-15)19-6-2-4-8-25-19/h1-13H,(H,27,28)(H,29,30). The third-order valence-electron chi connectivity index (χ3n) is 4.44. The van der Waals surface area contributed by atoms with Crippen molar-refractivity contribution in [2.75, 3.05) is 0 Å². The van der Waals surface area contributed by atoms with Crippen LogP contribution in [0, 0.1) is 0 Å². The van der Waals surface area contributed by atoms with Crippen LogP contribution in [0.5, 0.6) is 0 Å². The zero-order chi connectivity index (χ0) is 21.1. The highest BCUT2D eigenvalue weighted by Crippen LogP contribution is 2.30. The first-order chi connectivity index (χ1) is 14.5. The monoisotopic (exact) mass is 397 g/mol. The molecule has 0 aliphatic carbocycles. The van der Waals surface area contributed by atoms with Gasteiger partial charge < -0.3 is 10.2 Å². The van der Waals surface area contributed by atoms with E-state index in [0.717, 1.165) is 6.07 Å². The summed E-state index contributed by atoms with van der Waals surface area (Å²) in [7, 11) is 0. The summed E-state index contributed by atoms with van der Waals surface area (Å²) < 4.78 is 0. The number of carbonyl (C=O) groups is 2. The maximum absolute atomic E-state index is 11.5. The highest BCUT2D eigenvalue weighted by Gasteiger charge is 2.15. The quantitative estimate of drug-likeness (QED) is 0.517. The van der Waals surface area contributed by atoms with E-state index >= 15 is 0 Å². The Balaban J connectivity index is 1.96. The van der Waals surface area contributed by atoms with Gasteiger partial charge in [0, 0.05) is 12.4 Å². The molecule has 4 aromatic rings. The lowest BCUT2D eigenvalue weighted by Crippen LogP contribution is -2.03. The van der Waals surface area contributed by atoms with Gasteiger partial charge in [-0.05, 0) is 65.7 Å². The van der Waals surface area contributed by atoms with Crippen LogP contribution in [-0.2, 0) is 0 Å². The Morgan fingerprint density at radius 3 is 1.47 bits per heavy atom. The van der Waals surface area contributed by atoms with E-state index in [4.69, 9.17) is 0 Å². The minimum absolute atomic E-state index is 0.111. The maximum Gasteiger partial charge on any atom is 0.335 e. The number of nitrogens with zero attached hydrogens (tertiary/aromatic N) is 3. The number of aromatic nitrogens is 3. The normalized spacial score (nSPS) is 10.5. The number of aromatic carboxylic acids is 2. The van der Waals surface area contributed by atoms with Crippen molar-refractivity contribution in [3.05, 3.63) is 90.3 Å². The third-order valence-corrected chi connectivity index (χ3v) is 4.44. The van der Waals surface area contributed by atoms with Crippen molar-refractivity contribution in [2.45, 2.75) is 0 Å². The molecule has 3 heterocycles. The van der Waals surface area contributed by atoms with Gasteiger partial charge in [-0.15, -0.1) is 0 Å². The predicted molar refractivity (Wildman–Crippen MR) is 110 cm³/mol. The number of carboxylic acids is 2. The first kappa shape index (κ1) is 18.9. The molecule has 0 aliphatic rings. The van der Waals surface area contributed by atoms with Crippen LogP contribution in [0.2, 0.25) is 0 Å². The van der Waals surface area contributed by atoms with Crippen molar-refractivity contribution in [1.29, 1.82) is 0 Å². The molecule has 0 unspecified atom stereocenters. The van der Waals surface area contributed by atoms with Gasteiger partial charge in [0.25, 0.3) is 0 Å². The summed E-state index contributed by atoms with van der Waals surface area (Å²) in [5.74, 6) is -2.41. The average molecular weight is 397 g/mol. The van der Waals surface area contributed by atoms with E-state index < -0.39 is 11.9 Å². The molecular weight excluding hydrogens is 382 g/mol. The summed E-state index contributed by atoms with van der Waals surface area (Å²) in [6.07, 6.45) is 3.30. The van der Waals surface area contributed by atoms with Crippen molar-refractivity contribution in [1.82, 2.24) is 15.0 Å². The maximum atomic E-state index is 11.5. The van der Waals surface area contributed by atoms with Crippen LogP contribution in [0.3, 0.4) is 0 Å². The fourth-order valence-corrected chi connectivity index (χ4v) is 3.03. The van der Waals surface area contributed by atoms with Crippen molar-refractivity contribution >= 4 is 11.9 Å². The Labute approximate surface area is 171 Å². The van der Waals surface area contributed by atoms with Crippen LogP contribution in [0.15, 0.2) is 79.1 Å². The summed E-state index contributed by atoms with van der Waals surface area (Å²) in [6.45, 7) is 0. The van der Waals surface area contributed by atoms with Crippen LogP contribution >= 0.6 is 0 Å². The third kappa shape index (κ3) is 3.90. The average Bonchev–Trinajstić information content (AvgIpc) is 2.79. The molecule has 0 saturated heterocycles. The second kappa shape index (κ2) is 7.92. The van der Waals surface area contributed by atoms with Gasteiger partial charge >= 0.3 is 11.9 Å². The van der Waals surface area contributed by atoms with Crippen LogP contribution in [-0.4, -0.2) is 37.1 Å². The summed E-state index contributed by atoms with van der Waals surface area (Å²) in [5.41, 5.74) is 3.22. The van der Waals surface area contributed by atoms with Crippen LogP contribution in [0.25, 0.3) is 33.9 Å². The predicted octanol–water partition coefficient (Wildman–Crippen LogP) is 4.27. The van der Waals surface area contributed by atoms with Crippen molar-refractivity contribution in [2.24, 2.45) is 0 Å². The number of carboxylic acid groups (broad SMARTS) is 2. The SMILES string of the molecule is O=C(O)c1cc(C(=O)O)cc(-c2cc(-c3ccccn3)nc(-c3ccccn3)c2)c1. The summed E-state index contributed by atoms with van der Waals surface area (Å²) in [6, 6.07) is 18.4. The molecule has 2 N–H and O–H groups in total. The smallest absolute Gasteiger partial charge is 0.335 e. The molecule has 146 valence electrons. The molecule has 3 aromatic heterocycles. The lowest BCUT2D eigenvalue weighted by molar-refractivity contribution is 0.0696. The highest BCUT2D eigenvalue weighted by molar-refractivity contribution is 5.96. The van der Waals surface area contributed by atoms with E-state index in [1.54, 1.807) is 36.7 Å². The molecule has 0 amide bonds. The molecule has 7 heteroatoms. The Morgan fingerprint density at radius 1 is 0.600 bits per heavy atom. The van der Waals surface area contributed by atoms with E-state index in [0.29, 0.717) is 33.9 Å². The molecule has 0 atom stereocenters. The minimum atomic E-state index is -1.21. The fraction of sp³-hybridized carbons (Fsp3) is 0. The molecule has 0 fully saturated rings. The fourth-order valence-electron chi connectivity index (χ4n) is 3.03. The van der Waals surface area contributed by atoms with Gasteiger partial charge in [-0.25, -0.2) is 14.6 Å². The van der Waals surface area contributed by atoms with Crippen LogP contribution < -0.4 is 0 Å². The van der Waals surface area contributed by atoms with Crippen molar-refractivity contribution in [3.8, 4) is 33.9 Å². The summed E-state index contributed by atoms with van der Waals surface area (Å²) in [4.78, 5) is 36.4. The lowest BCUT2D eigenvalue weighted by Gasteiger charge is -2.11. The van der Waals surface area contributed by atoms with Crippen molar-refractivity contribution in [3.63, 3.8) is 0 Å². The van der Waals surface area contributed by atoms with Gasteiger partial charge in [-0.3, -0.25) is 9.97 Å². The topological polar surface area (TPSA) is 113 Å². The van der Waals surface area contributed by atoms with Gasteiger partial charge in [0.15, 0.2) is 0 Å². The summed E-state index contributed by atoms with van der Waals surface area (Å²) >= 11 is 0. The molecule has 0 aliphatic heterocycles. The van der Waals surface area contributed by atoms with Gasteiger partial charge in [-0.1, -0.05) is 12.1 Å². The number of hydrogen-bond acceptors (Lipinski definition) is 5. The number of benzene rings is 1. The Bertz CT molecular complexity index is 1150. The van der Waals surface area contributed by atoms with Gasteiger partial charge in [0.1, 0.15) is 0 Å². The second-order valence-electron chi connectivity index (χ2n) is 6.47. The molecule has 7 nitrogen and oxygen atoms in total. The molecule has 0 spiro atoms. The molecule has 4 rings (SSSR count). The zero-order valence-corrected chi connectivity index (χ0v) is 15.6. The first-order valence-corrected chi connectivity index (χ1v) is 8.98.